The topological polar surface area (TPSA) is 43.8 Å². The third kappa shape index (κ3) is 2.21. The second kappa shape index (κ2) is 4.66. The molecule has 0 fully saturated rings. The average molecular weight is 320 g/mol. The fourth-order valence-corrected chi connectivity index (χ4v) is 2.38. The third-order valence-corrected chi connectivity index (χ3v) is 3.51. The molecule has 0 aliphatic rings. The number of anilines is 1. The summed E-state index contributed by atoms with van der Waals surface area (Å²) in [5, 5.41) is 5.28. The van der Waals surface area contributed by atoms with Crippen molar-refractivity contribution in [1.82, 2.24) is 9.78 Å². The summed E-state index contributed by atoms with van der Waals surface area (Å²) in [5.41, 5.74) is 7.41. The third-order valence-electron chi connectivity index (χ3n) is 3.02. The number of nitrogens with two attached hydrogens (primary N) is 1. The maximum atomic E-state index is 13.6. The van der Waals surface area contributed by atoms with E-state index in [0.717, 1.165) is 15.4 Å². The minimum Gasteiger partial charge on any atom is -0.383 e. The summed E-state index contributed by atoms with van der Waals surface area (Å²) in [7, 11) is 0. The summed E-state index contributed by atoms with van der Waals surface area (Å²) in [6.07, 6.45) is 0. The van der Waals surface area contributed by atoms with Gasteiger partial charge in [0.1, 0.15) is 11.6 Å². The fraction of sp³-hybridized carbons (Fsp3) is 0.0714. The lowest BCUT2D eigenvalue weighted by Crippen LogP contribution is -2.07. The lowest BCUT2D eigenvalue weighted by atomic mass is 10.2. The molecule has 1 heterocycles. The second-order valence-electron chi connectivity index (χ2n) is 4.30. The number of fused-ring (bicyclic) bond motifs is 1. The highest BCUT2D eigenvalue weighted by molar-refractivity contribution is 9.10. The molecule has 3 aromatic rings. The van der Waals surface area contributed by atoms with Gasteiger partial charge in [-0.2, -0.15) is 5.10 Å². The molecule has 0 atom stereocenters. The Morgan fingerprint density at radius 2 is 2.00 bits per heavy atom. The van der Waals surface area contributed by atoms with Crippen LogP contribution in [0.3, 0.4) is 0 Å². The lowest BCUT2D eigenvalue weighted by molar-refractivity contribution is 0.589. The highest BCUT2D eigenvalue weighted by Crippen LogP contribution is 2.24. The number of nitrogens with zero attached hydrogens (tertiary/aromatic N) is 2. The monoisotopic (exact) mass is 319 g/mol. The van der Waals surface area contributed by atoms with Crippen LogP contribution in [0, 0.1) is 5.82 Å². The standard InChI is InChI=1S/C14H11BrFN3/c15-10-5-6-11-13(7-10)18-19(14(11)17)8-9-3-1-2-4-12(9)16/h1-7H,8,17H2. The molecule has 0 saturated heterocycles. The van der Waals surface area contributed by atoms with Gasteiger partial charge in [-0.15, -0.1) is 0 Å². The van der Waals surface area contributed by atoms with Crippen LogP contribution in [0.4, 0.5) is 10.2 Å². The molecular formula is C14H11BrFN3. The molecular weight excluding hydrogens is 309 g/mol. The first-order valence-corrected chi connectivity index (χ1v) is 6.59. The predicted molar refractivity (Wildman–Crippen MR) is 77.3 cm³/mol. The summed E-state index contributed by atoms with van der Waals surface area (Å²) >= 11 is 3.39. The molecule has 19 heavy (non-hydrogen) atoms. The molecule has 0 bridgehead atoms. The van der Waals surface area contributed by atoms with Crippen molar-refractivity contribution in [1.29, 1.82) is 0 Å². The van der Waals surface area contributed by atoms with Gasteiger partial charge in [-0.1, -0.05) is 34.1 Å². The SMILES string of the molecule is Nc1c2ccc(Br)cc2nn1Cc1ccccc1F. The molecule has 96 valence electrons. The highest BCUT2D eigenvalue weighted by atomic mass is 79.9. The molecule has 2 aromatic carbocycles. The van der Waals surface area contributed by atoms with Crippen LogP contribution >= 0.6 is 15.9 Å². The van der Waals surface area contributed by atoms with Crippen LogP contribution in [0.5, 0.6) is 0 Å². The van der Waals surface area contributed by atoms with Crippen molar-refractivity contribution in [3.05, 3.63) is 58.3 Å². The van der Waals surface area contributed by atoms with Gasteiger partial charge >= 0.3 is 0 Å². The average Bonchev–Trinajstić information content (AvgIpc) is 2.68. The molecule has 0 amide bonds. The van der Waals surface area contributed by atoms with Crippen molar-refractivity contribution < 1.29 is 4.39 Å². The number of nitrogen functional groups attached to an aromatic ring is 1. The van der Waals surface area contributed by atoms with Crippen LogP contribution < -0.4 is 5.73 Å². The van der Waals surface area contributed by atoms with Crippen LogP contribution in [0.1, 0.15) is 5.56 Å². The van der Waals surface area contributed by atoms with Crippen LogP contribution in [0.2, 0.25) is 0 Å². The number of hydrogen-bond donors (Lipinski definition) is 1. The van der Waals surface area contributed by atoms with Gasteiger partial charge < -0.3 is 5.73 Å². The number of hydrogen-bond acceptors (Lipinski definition) is 2. The van der Waals surface area contributed by atoms with Crippen molar-refractivity contribution in [2.45, 2.75) is 6.54 Å². The Morgan fingerprint density at radius 3 is 2.79 bits per heavy atom. The normalized spacial score (nSPS) is 11.1. The molecule has 0 aliphatic heterocycles. The van der Waals surface area contributed by atoms with Crippen LogP contribution in [0.25, 0.3) is 10.9 Å². The summed E-state index contributed by atoms with van der Waals surface area (Å²) in [6, 6.07) is 12.3. The maximum Gasteiger partial charge on any atom is 0.130 e. The lowest BCUT2D eigenvalue weighted by Gasteiger charge is -2.05. The summed E-state index contributed by atoms with van der Waals surface area (Å²) in [4.78, 5) is 0. The first-order valence-electron chi connectivity index (χ1n) is 5.80. The molecule has 5 heteroatoms. The van der Waals surface area contributed by atoms with E-state index in [2.05, 4.69) is 21.0 Å². The first kappa shape index (κ1) is 12.2. The molecule has 3 rings (SSSR count). The Kier molecular flexibility index (Phi) is 2.98. The Labute approximate surface area is 118 Å². The van der Waals surface area contributed by atoms with Crippen LogP contribution in [0.15, 0.2) is 46.9 Å². The second-order valence-corrected chi connectivity index (χ2v) is 5.21. The Morgan fingerprint density at radius 1 is 1.21 bits per heavy atom. The van der Waals surface area contributed by atoms with Crippen molar-refractivity contribution in [3.8, 4) is 0 Å². The molecule has 1 aromatic heterocycles. The fourth-order valence-electron chi connectivity index (χ4n) is 2.04. The minimum absolute atomic E-state index is 0.248. The molecule has 0 spiro atoms. The zero-order chi connectivity index (χ0) is 13.4. The van der Waals surface area contributed by atoms with E-state index in [9.17, 15) is 4.39 Å². The van der Waals surface area contributed by atoms with Gasteiger partial charge in [0, 0.05) is 15.4 Å². The van der Waals surface area contributed by atoms with Gasteiger partial charge in [-0.25, -0.2) is 9.07 Å². The van der Waals surface area contributed by atoms with Crippen LogP contribution in [-0.4, -0.2) is 9.78 Å². The quantitative estimate of drug-likeness (QED) is 0.784. The summed E-state index contributed by atoms with van der Waals surface area (Å²) in [6.45, 7) is 0.324. The molecule has 2 N–H and O–H groups in total. The van der Waals surface area contributed by atoms with Crippen molar-refractivity contribution >= 4 is 32.7 Å². The van der Waals surface area contributed by atoms with Crippen molar-refractivity contribution in [3.63, 3.8) is 0 Å². The molecule has 0 aliphatic carbocycles. The summed E-state index contributed by atoms with van der Waals surface area (Å²) in [5.74, 6) is 0.299. The Bertz CT molecular complexity index is 752. The minimum atomic E-state index is -0.248. The number of benzene rings is 2. The van der Waals surface area contributed by atoms with Gasteiger partial charge in [-0.05, 0) is 24.3 Å². The Hall–Kier alpha value is -1.88. The maximum absolute atomic E-state index is 13.6. The smallest absolute Gasteiger partial charge is 0.130 e. The van der Waals surface area contributed by atoms with Crippen LogP contribution in [-0.2, 0) is 6.54 Å². The highest BCUT2D eigenvalue weighted by Gasteiger charge is 2.10. The van der Waals surface area contributed by atoms with E-state index >= 15 is 0 Å². The first-order chi connectivity index (χ1) is 9.15. The summed E-state index contributed by atoms with van der Waals surface area (Å²) < 4.78 is 16.2. The molecule has 0 saturated carbocycles. The number of halogens is 2. The van der Waals surface area contributed by atoms with E-state index in [1.54, 1.807) is 22.9 Å². The predicted octanol–water partition coefficient (Wildman–Crippen LogP) is 3.57. The van der Waals surface area contributed by atoms with Gasteiger partial charge in [0.15, 0.2) is 0 Å². The Balaban J connectivity index is 2.06. The molecule has 3 nitrogen and oxygen atoms in total. The van der Waals surface area contributed by atoms with Gasteiger partial charge in [0.25, 0.3) is 0 Å². The number of rotatable bonds is 2. The van der Waals surface area contributed by atoms with E-state index in [1.165, 1.54) is 6.07 Å². The van der Waals surface area contributed by atoms with E-state index in [4.69, 9.17) is 5.73 Å². The van der Waals surface area contributed by atoms with Crippen molar-refractivity contribution in [2.75, 3.05) is 5.73 Å². The van der Waals surface area contributed by atoms with Crippen molar-refractivity contribution in [2.24, 2.45) is 0 Å². The van der Waals surface area contributed by atoms with E-state index < -0.39 is 0 Å². The number of aromatic nitrogens is 2. The van der Waals surface area contributed by atoms with Gasteiger partial charge in [0.2, 0.25) is 0 Å². The van der Waals surface area contributed by atoms with E-state index in [1.807, 2.05) is 18.2 Å². The molecule has 0 radical (unpaired) electrons. The zero-order valence-electron chi connectivity index (χ0n) is 9.98. The van der Waals surface area contributed by atoms with Gasteiger partial charge in [-0.3, -0.25) is 0 Å². The van der Waals surface area contributed by atoms with E-state index in [-0.39, 0.29) is 5.82 Å². The van der Waals surface area contributed by atoms with Gasteiger partial charge in [0.05, 0.1) is 12.1 Å². The zero-order valence-corrected chi connectivity index (χ0v) is 11.6. The van der Waals surface area contributed by atoms with E-state index in [0.29, 0.717) is 17.9 Å². The molecule has 0 unspecified atom stereocenters. The largest absolute Gasteiger partial charge is 0.383 e.